The average molecular weight is 128 g/mol. The molecule has 2 unspecified atom stereocenters. The summed E-state index contributed by atoms with van der Waals surface area (Å²) in [6.07, 6.45) is 1.25. The van der Waals surface area contributed by atoms with Crippen molar-refractivity contribution in [2.75, 3.05) is 0 Å². The van der Waals surface area contributed by atoms with Gasteiger partial charge in [-0.1, -0.05) is 26.8 Å². The SMILES string of the molecule is C=CC(O)C(C)C(C)C. The van der Waals surface area contributed by atoms with E-state index in [1.54, 1.807) is 6.08 Å². The van der Waals surface area contributed by atoms with Gasteiger partial charge in [0.15, 0.2) is 0 Å². The smallest absolute Gasteiger partial charge is 0.0746 e. The van der Waals surface area contributed by atoms with Gasteiger partial charge in [0.1, 0.15) is 0 Å². The highest BCUT2D eigenvalue weighted by Crippen LogP contribution is 2.14. The fraction of sp³-hybridized carbons (Fsp3) is 0.750. The lowest BCUT2D eigenvalue weighted by molar-refractivity contribution is 0.134. The highest BCUT2D eigenvalue weighted by atomic mass is 16.3. The van der Waals surface area contributed by atoms with Crippen molar-refractivity contribution in [3.63, 3.8) is 0 Å². The third kappa shape index (κ3) is 2.66. The van der Waals surface area contributed by atoms with Crippen molar-refractivity contribution in [1.82, 2.24) is 0 Å². The van der Waals surface area contributed by atoms with Gasteiger partial charge in [-0.05, 0) is 11.8 Å². The topological polar surface area (TPSA) is 20.2 Å². The van der Waals surface area contributed by atoms with Gasteiger partial charge in [-0.15, -0.1) is 6.58 Å². The molecule has 0 heterocycles. The molecule has 0 radical (unpaired) electrons. The summed E-state index contributed by atoms with van der Waals surface area (Å²) in [6.45, 7) is 9.73. The molecule has 0 saturated carbocycles. The van der Waals surface area contributed by atoms with E-state index in [1.807, 2.05) is 6.92 Å². The van der Waals surface area contributed by atoms with Gasteiger partial charge in [-0.3, -0.25) is 0 Å². The van der Waals surface area contributed by atoms with Gasteiger partial charge in [0.25, 0.3) is 0 Å². The summed E-state index contributed by atoms with van der Waals surface area (Å²) in [5.41, 5.74) is 0. The Labute approximate surface area is 57.4 Å². The minimum Gasteiger partial charge on any atom is -0.389 e. The van der Waals surface area contributed by atoms with Crippen LogP contribution in [-0.4, -0.2) is 11.2 Å². The van der Waals surface area contributed by atoms with Crippen LogP contribution in [0.4, 0.5) is 0 Å². The zero-order chi connectivity index (χ0) is 7.44. The maximum Gasteiger partial charge on any atom is 0.0746 e. The zero-order valence-electron chi connectivity index (χ0n) is 6.46. The maximum absolute atomic E-state index is 9.18. The quantitative estimate of drug-likeness (QED) is 0.575. The molecule has 1 nitrogen and oxygen atoms in total. The predicted molar refractivity (Wildman–Crippen MR) is 40.2 cm³/mol. The molecule has 0 saturated heterocycles. The van der Waals surface area contributed by atoms with Gasteiger partial charge < -0.3 is 5.11 Å². The Morgan fingerprint density at radius 2 is 1.78 bits per heavy atom. The molecule has 1 heteroatoms. The van der Waals surface area contributed by atoms with Crippen LogP contribution in [0, 0.1) is 11.8 Å². The van der Waals surface area contributed by atoms with Gasteiger partial charge in [0, 0.05) is 0 Å². The summed E-state index contributed by atoms with van der Waals surface area (Å²) in [4.78, 5) is 0. The van der Waals surface area contributed by atoms with Crippen LogP contribution in [0.25, 0.3) is 0 Å². The van der Waals surface area contributed by atoms with E-state index in [0.717, 1.165) is 0 Å². The lowest BCUT2D eigenvalue weighted by Crippen LogP contribution is -2.19. The first-order valence-corrected chi connectivity index (χ1v) is 3.40. The van der Waals surface area contributed by atoms with Crippen LogP contribution in [0.2, 0.25) is 0 Å². The molecule has 9 heavy (non-hydrogen) atoms. The highest BCUT2D eigenvalue weighted by molar-refractivity contribution is 4.83. The molecular formula is C8H16O. The molecule has 54 valence electrons. The Hall–Kier alpha value is -0.300. The molecule has 0 rings (SSSR count). The number of rotatable bonds is 3. The summed E-state index contributed by atoms with van der Waals surface area (Å²) < 4.78 is 0. The molecule has 1 N–H and O–H groups in total. The van der Waals surface area contributed by atoms with E-state index in [4.69, 9.17) is 0 Å². The zero-order valence-corrected chi connectivity index (χ0v) is 6.46. The second-order valence-electron chi connectivity index (χ2n) is 2.83. The Kier molecular flexibility index (Phi) is 3.55. The average Bonchev–Trinajstić information content (AvgIpc) is 1.84. The fourth-order valence-electron chi connectivity index (χ4n) is 0.609. The van der Waals surface area contributed by atoms with Crippen LogP contribution >= 0.6 is 0 Å². The van der Waals surface area contributed by atoms with Crippen LogP contribution in [0.5, 0.6) is 0 Å². The molecule has 0 amide bonds. The van der Waals surface area contributed by atoms with Crippen LogP contribution in [0.1, 0.15) is 20.8 Å². The van der Waals surface area contributed by atoms with E-state index < -0.39 is 0 Å². The normalized spacial score (nSPS) is 17.4. The molecule has 0 spiro atoms. The highest BCUT2D eigenvalue weighted by Gasteiger charge is 2.13. The van der Waals surface area contributed by atoms with E-state index in [1.165, 1.54) is 0 Å². The summed E-state index contributed by atoms with van der Waals surface area (Å²) >= 11 is 0. The Bertz CT molecular complexity index is 86.6. The second-order valence-corrected chi connectivity index (χ2v) is 2.83. The summed E-state index contributed by atoms with van der Waals surface area (Å²) in [7, 11) is 0. The van der Waals surface area contributed by atoms with Crippen LogP contribution in [0.3, 0.4) is 0 Å². The second kappa shape index (κ2) is 3.67. The van der Waals surface area contributed by atoms with Crippen molar-refractivity contribution < 1.29 is 5.11 Å². The number of hydrogen-bond acceptors (Lipinski definition) is 1. The Morgan fingerprint density at radius 1 is 1.33 bits per heavy atom. The molecule has 0 aromatic rings. The van der Waals surface area contributed by atoms with Crippen molar-refractivity contribution in [3.05, 3.63) is 12.7 Å². The van der Waals surface area contributed by atoms with Crippen molar-refractivity contribution in [1.29, 1.82) is 0 Å². The predicted octanol–water partition coefficient (Wildman–Crippen LogP) is 1.83. The van der Waals surface area contributed by atoms with Crippen molar-refractivity contribution >= 4 is 0 Å². The largest absolute Gasteiger partial charge is 0.389 e. The van der Waals surface area contributed by atoms with E-state index in [-0.39, 0.29) is 6.10 Å². The number of aliphatic hydroxyl groups is 1. The lowest BCUT2D eigenvalue weighted by atomic mass is 9.92. The summed E-state index contributed by atoms with van der Waals surface area (Å²) in [5.74, 6) is 0.848. The molecular weight excluding hydrogens is 112 g/mol. The van der Waals surface area contributed by atoms with Crippen molar-refractivity contribution in [2.45, 2.75) is 26.9 Å². The van der Waals surface area contributed by atoms with Crippen LogP contribution in [0.15, 0.2) is 12.7 Å². The van der Waals surface area contributed by atoms with Gasteiger partial charge in [0.2, 0.25) is 0 Å². The number of aliphatic hydroxyl groups excluding tert-OH is 1. The standard InChI is InChI=1S/C8H16O/c1-5-8(9)7(4)6(2)3/h5-9H,1H2,2-4H3. The third-order valence-corrected chi connectivity index (χ3v) is 1.83. The summed E-state index contributed by atoms with van der Waals surface area (Å²) in [5, 5.41) is 9.18. The first-order chi connectivity index (χ1) is 4.09. The van der Waals surface area contributed by atoms with Gasteiger partial charge in [-0.25, -0.2) is 0 Å². The van der Waals surface area contributed by atoms with E-state index in [2.05, 4.69) is 20.4 Å². The Morgan fingerprint density at radius 3 is 1.89 bits per heavy atom. The van der Waals surface area contributed by atoms with Crippen LogP contribution < -0.4 is 0 Å². The lowest BCUT2D eigenvalue weighted by Gasteiger charge is -2.18. The fourth-order valence-corrected chi connectivity index (χ4v) is 0.609. The molecule has 0 aliphatic carbocycles. The summed E-state index contributed by atoms with van der Waals surface area (Å²) in [6, 6.07) is 0. The van der Waals surface area contributed by atoms with Crippen molar-refractivity contribution in [2.24, 2.45) is 11.8 Å². The molecule has 0 bridgehead atoms. The van der Waals surface area contributed by atoms with E-state index in [9.17, 15) is 5.11 Å². The first-order valence-electron chi connectivity index (χ1n) is 3.40. The molecule has 2 atom stereocenters. The van der Waals surface area contributed by atoms with Gasteiger partial charge >= 0.3 is 0 Å². The third-order valence-electron chi connectivity index (χ3n) is 1.83. The van der Waals surface area contributed by atoms with Crippen molar-refractivity contribution in [3.8, 4) is 0 Å². The van der Waals surface area contributed by atoms with E-state index >= 15 is 0 Å². The Balaban J connectivity index is 3.71. The molecule has 0 aromatic heterocycles. The minimum absolute atomic E-state index is 0.322. The maximum atomic E-state index is 9.18. The molecule has 0 fully saturated rings. The minimum atomic E-state index is -0.343. The number of hydrogen-bond donors (Lipinski definition) is 1. The monoisotopic (exact) mass is 128 g/mol. The molecule has 0 aliphatic heterocycles. The van der Waals surface area contributed by atoms with Gasteiger partial charge in [0.05, 0.1) is 6.10 Å². The van der Waals surface area contributed by atoms with Crippen LogP contribution in [-0.2, 0) is 0 Å². The molecule has 0 aliphatic rings. The van der Waals surface area contributed by atoms with Gasteiger partial charge in [-0.2, -0.15) is 0 Å². The molecule has 0 aromatic carbocycles. The first kappa shape index (κ1) is 8.70. The van der Waals surface area contributed by atoms with E-state index in [0.29, 0.717) is 11.8 Å².